The Kier molecular flexibility index (Phi) is 9.58. The highest BCUT2D eigenvalue weighted by molar-refractivity contribution is 7.90. The van der Waals surface area contributed by atoms with Gasteiger partial charge in [0.15, 0.2) is 9.84 Å². The highest BCUT2D eigenvalue weighted by atomic mass is 32.2. The summed E-state index contributed by atoms with van der Waals surface area (Å²) >= 11 is 0. The molecule has 0 atom stereocenters. The van der Waals surface area contributed by atoms with Gasteiger partial charge in [-0.25, -0.2) is 8.42 Å². The number of para-hydroxylation sites is 1. The summed E-state index contributed by atoms with van der Waals surface area (Å²) in [5.74, 6) is 0.428. The van der Waals surface area contributed by atoms with Gasteiger partial charge >= 0.3 is 0 Å². The lowest BCUT2D eigenvalue weighted by molar-refractivity contribution is 0.0950. The smallest absolute Gasteiger partial charge is 0.255 e. The molecule has 4 aromatic carbocycles. The first-order chi connectivity index (χ1) is 19.3. The molecule has 1 amide bonds. The Morgan fingerprint density at radius 3 is 2.25 bits per heavy atom. The van der Waals surface area contributed by atoms with Crippen LogP contribution in [0.1, 0.15) is 33.5 Å². The quantitative estimate of drug-likeness (QED) is 0.231. The molecule has 0 aliphatic rings. The monoisotopic (exact) mass is 559 g/mol. The fraction of sp³-hybridized carbons (Fsp3) is 0.219. The number of benzene rings is 4. The molecule has 0 fully saturated rings. The van der Waals surface area contributed by atoms with Crippen LogP contribution in [-0.2, 0) is 28.6 Å². The Labute approximate surface area is 235 Å². The summed E-state index contributed by atoms with van der Waals surface area (Å²) in [5, 5.41) is 12.4. The number of carbonyl (C=O) groups excluding carboxylic acids is 1. The molecule has 0 saturated carbocycles. The maximum absolute atomic E-state index is 13.5. The molecule has 0 aromatic heterocycles. The second-order valence-corrected chi connectivity index (χ2v) is 11.3. The lowest BCUT2D eigenvalue weighted by Crippen LogP contribution is -2.25. The molecule has 4 rings (SSSR count). The maximum Gasteiger partial charge on any atom is 0.255 e. The van der Waals surface area contributed by atoms with Crippen LogP contribution in [0.15, 0.2) is 95.9 Å². The number of amides is 1. The molecule has 4 aromatic rings. The molecule has 40 heavy (non-hydrogen) atoms. The van der Waals surface area contributed by atoms with E-state index in [0.29, 0.717) is 36.3 Å². The molecular formula is C32H33NO6S. The lowest BCUT2D eigenvalue weighted by Gasteiger charge is -2.13. The fourth-order valence-corrected chi connectivity index (χ4v) is 6.08. The van der Waals surface area contributed by atoms with Crippen LogP contribution < -0.4 is 14.8 Å². The van der Waals surface area contributed by atoms with E-state index >= 15 is 0 Å². The third-order valence-corrected chi connectivity index (χ3v) is 8.27. The minimum absolute atomic E-state index is 0.0976. The summed E-state index contributed by atoms with van der Waals surface area (Å²) in [6, 6.07) is 27.0. The van der Waals surface area contributed by atoms with Crippen LogP contribution in [0.2, 0.25) is 0 Å². The second kappa shape index (κ2) is 13.3. The van der Waals surface area contributed by atoms with Gasteiger partial charge < -0.3 is 19.9 Å². The first-order valence-electron chi connectivity index (χ1n) is 12.9. The number of ether oxygens (including phenoxy) is 2. The van der Waals surface area contributed by atoms with Gasteiger partial charge in [0.05, 0.1) is 32.1 Å². The summed E-state index contributed by atoms with van der Waals surface area (Å²) in [6.45, 7) is 0.376. The van der Waals surface area contributed by atoms with Gasteiger partial charge in [0.2, 0.25) is 0 Å². The maximum atomic E-state index is 13.5. The van der Waals surface area contributed by atoms with Crippen molar-refractivity contribution in [2.75, 3.05) is 20.8 Å². The average Bonchev–Trinajstić information content (AvgIpc) is 2.98. The third-order valence-electron chi connectivity index (χ3n) is 6.57. The summed E-state index contributed by atoms with van der Waals surface area (Å²) in [4.78, 5) is 12.6. The molecule has 0 heterocycles. The number of rotatable bonds is 12. The molecule has 0 aliphatic carbocycles. The van der Waals surface area contributed by atoms with Gasteiger partial charge in [0, 0.05) is 6.54 Å². The molecule has 0 radical (unpaired) electrons. The number of hydrogen-bond donors (Lipinski definition) is 2. The Morgan fingerprint density at radius 1 is 0.775 bits per heavy atom. The molecule has 0 bridgehead atoms. The average molecular weight is 560 g/mol. The predicted molar refractivity (Wildman–Crippen MR) is 155 cm³/mol. The number of aryl methyl sites for hydroxylation is 1. The fourth-order valence-electron chi connectivity index (χ4n) is 4.54. The van der Waals surface area contributed by atoms with E-state index in [-0.39, 0.29) is 28.9 Å². The summed E-state index contributed by atoms with van der Waals surface area (Å²) < 4.78 is 37.7. The summed E-state index contributed by atoms with van der Waals surface area (Å²) in [5.41, 5.74) is 4.42. The Balaban J connectivity index is 1.43. The van der Waals surface area contributed by atoms with Crippen LogP contribution >= 0.6 is 0 Å². The van der Waals surface area contributed by atoms with Crippen LogP contribution in [0.25, 0.3) is 11.1 Å². The molecular weight excluding hydrogens is 526 g/mol. The first-order valence-corrected chi connectivity index (χ1v) is 14.6. The van der Waals surface area contributed by atoms with Crippen molar-refractivity contribution in [1.29, 1.82) is 0 Å². The van der Waals surface area contributed by atoms with E-state index in [1.54, 1.807) is 36.4 Å². The molecule has 8 heteroatoms. The van der Waals surface area contributed by atoms with Crippen LogP contribution in [0.5, 0.6) is 11.5 Å². The second-order valence-electron chi connectivity index (χ2n) is 9.36. The highest BCUT2D eigenvalue weighted by Crippen LogP contribution is 2.32. The van der Waals surface area contributed by atoms with Crippen molar-refractivity contribution in [2.45, 2.75) is 30.1 Å². The zero-order valence-electron chi connectivity index (χ0n) is 22.6. The lowest BCUT2D eigenvalue weighted by atomic mass is 10.0. The number of aliphatic hydroxyl groups is 1. The van der Waals surface area contributed by atoms with Crippen molar-refractivity contribution in [3.63, 3.8) is 0 Å². The zero-order chi connectivity index (χ0) is 28.5. The number of hydrogen-bond acceptors (Lipinski definition) is 6. The van der Waals surface area contributed by atoms with E-state index in [0.717, 1.165) is 22.3 Å². The van der Waals surface area contributed by atoms with Crippen LogP contribution in [0.4, 0.5) is 0 Å². The number of aliphatic hydroxyl groups excluding tert-OH is 1. The van der Waals surface area contributed by atoms with E-state index in [4.69, 9.17) is 9.47 Å². The molecule has 0 spiro atoms. The van der Waals surface area contributed by atoms with Crippen molar-refractivity contribution in [3.05, 3.63) is 113 Å². The Morgan fingerprint density at radius 2 is 1.48 bits per heavy atom. The van der Waals surface area contributed by atoms with Gasteiger partial charge in [-0.1, -0.05) is 60.7 Å². The third kappa shape index (κ3) is 7.08. The summed E-state index contributed by atoms with van der Waals surface area (Å²) in [6.07, 6.45) is 1.37. The number of carbonyl (C=O) groups is 1. The zero-order valence-corrected chi connectivity index (χ0v) is 23.4. The largest absolute Gasteiger partial charge is 0.496 e. The van der Waals surface area contributed by atoms with E-state index in [1.807, 2.05) is 54.6 Å². The Hall–Kier alpha value is -4.14. The standard InChI is InChI=1S/C32H33NO6S/c1-38-29-14-4-3-13-28(29)32(35)33-17-7-11-23-8-5-10-25(18-23)22-40(36,37)31-20-27(15-16-30(31)39-2)26-12-6-9-24(19-26)21-34/h3-6,8-10,12-16,18-20,34H,7,11,17,21-22H2,1-2H3,(H,33,35). The minimum Gasteiger partial charge on any atom is -0.496 e. The van der Waals surface area contributed by atoms with Crippen LogP contribution in [0, 0.1) is 0 Å². The molecule has 2 N–H and O–H groups in total. The molecule has 0 unspecified atom stereocenters. The van der Waals surface area contributed by atoms with Gasteiger partial charge in [-0.15, -0.1) is 0 Å². The van der Waals surface area contributed by atoms with E-state index in [2.05, 4.69) is 5.32 Å². The molecule has 208 valence electrons. The number of nitrogens with one attached hydrogen (secondary N) is 1. The van der Waals surface area contributed by atoms with E-state index in [1.165, 1.54) is 14.2 Å². The highest BCUT2D eigenvalue weighted by Gasteiger charge is 2.22. The van der Waals surface area contributed by atoms with Crippen molar-refractivity contribution < 1.29 is 27.8 Å². The van der Waals surface area contributed by atoms with E-state index in [9.17, 15) is 18.3 Å². The van der Waals surface area contributed by atoms with Gasteiger partial charge in [-0.05, 0) is 71.0 Å². The number of sulfone groups is 1. The van der Waals surface area contributed by atoms with Gasteiger partial charge in [-0.2, -0.15) is 0 Å². The van der Waals surface area contributed by atoms with Crippen molar-refractivity contribution in [1.82, 2.24) is 5.32 Å². The molecule has 0 saturated heterocycles. The molecule has 0 aliphatic heterocycles. The van der Waals surface area contributed by atoms with E-state index < -0.39 is 9.84 Å². The number of methoxy groups -OCH3 is 2. The predicted octanol–water partition coefficient (Wildman–Crippen LogP) is 5.20. The van der Waals surface area contributed by atoms with Crippen molar-refractivity contribution >= 4 is 15.7 Å². The minimum atomic E-state index is -3.74. The normalized spacial score (nSPS) is 11.2. The van der Waals surface area contributed by atoms with Gasteiger partial charge in [0.1, 0.15) is 16.4 Å². The van der Waals surface area contributed by atoms with Crippen molar-refractivity contribution in [3.8, 4) is 22.6 Å². The van der Waals surface area contributed by atoms with Gasteiger partial charge in [-0.3, -0.25) is 4.79 Å². The van der Waals surface area contributed by atoms with Crippen LogP contribution in [0.3, 0.4) is 0 Å². The summed E-state index contributed by atoms with van der Waals surface area (Å²) in [7, 11) is -0.753. The Bertz CT molecular complexity index is 1580. The molecule has 7 nitrogen and oxygen atoms in total. The van der Waals surface area contributed by atoms with Gasteiger partial charge in [0.25, 0.3) is 5.91 Å². The first kappa shape index (κ1) is 28.9. The topological polar surface area (TPSA) is 102 Å². The van der Waals surface area contributed by atoms with Crippen molar-refractivity contribution in [2.24, 2.45) is 0 Å². The SMILES string of the molecule is COc1ccccc1C(=O)NCCCc1cccc(CS(=O)(=O)c2cc(-c3cccc(CO)c3)ccc2OC)c1. The van der Waals surface area contributed by atoms with Crippen LogP contribution in [-0.4, -0.2) is 40.2 Å².